The van der Waals surface area contributed by atoms with Gasteiger partial charge in [-0.3, -0.25) is 0 Å². The standard InChI is InChI=1S/C11H23NO/c1-10(2)11-6-3-4-7-12(11)8-5-9-13/h10-11,13H,3-9H2,1-2H3. The highest BCUT2D eigenvalue weighted by Gasteiger charge is 2.23. The summed E-state index contributed by atoms with van der Waals surface area (Å²) in [5, 5.41) is 8.80. The predicted octanol–water partition coefficient (Wildman–Crippen LogP) is 1.88. The summed E-state index contributed by atoms with van der Waals surface area (Å²) in [6.45, 7) is 7.27. The second-order valence-corrected chi connectivity index (χ2v) is 4.42. The van der Waals surface area contributed by atoms with Gasteiger partial charge in [0.05, 0.1) is 0 Å². The first kappa shape index (κ1) is 11.0. The van der Waals surface area contributed by atoms with E-state index in [1.807, 2.05) is 0 Å². The Morgan fingerprint density at radius 1 is 1.38 bits per heavy atom. The summed E-state index contributed by atoms with van der Waals surface area (Å²) in [5.41, 5.74) is 0. The van der Waals surface area contributed by atoms with Crippen molar-refractivity contribution < 1.29 is 5.11 Å². The molecule has 0 aromatic heterocycles. The summed E-state index contributed by atoms with van der Waals surface area (Å²) in [6, 6.07) is 0.764. The van der Waals surface area contributed by atoms with Gasteiger partial charge in [-0.1, -0.05) is 20.3 Å². The molecular formula is C11H23NO. The SMILES string of the molecule is CC(C)C1CCCCN1CCCO. The molecule has 1 rings (SSSR count). The van der Waals surface area contributed by atoms with Gasteiger partial charge in [-0.25, -0.2) is 0 Å². The maximum atomic E-state index is 8.80. The van der Waals surface area contributed by atoms with E-state index in [1.165, 1.54) is 25.8 Å². The maximum absolute atomic E-state index is 8.80. The van der Waals surface area contributed by atoms with Crippen LogP contribution in [0.15, 0.2) is 0 Å². The molecule has 0 spiro atoms. The molecule has 0 aromatic carbocycles. The lowest BCUT2D eigenvalue weighted by Crippen LogP contribution is -2.43. The summed E-state index contributed by atoms with van der Waals surface area (Å²) in [7, 11) is 0. The van der Waals surface area contributed by atoms with E-state index in [4.69, 9.17) is 5.11 Å². The lowest BCUT2D eigenvalue weighted by Gasteiger charge is -2.38. The zero-order valence-corrected chi connectivity index (χ0v) is 9.00. The van der Waals surface area contributed by atoms with Crippen molar-refractivity contribution in [2.75, 3.05) is 19.7 Å². The lowest BCUT2D eigenvalue weighted by molar-refractivity contribution is 0.103. The van der Waals surface area contributed by atoms with Crippen molar-refractivity contribution in [3.63, 3.8) is 0 Å². The minimum atomic E-state index is 0.335. The number of rotatable bonds is 4. The average Bonchev–Trinajstić information content (AvgIpc) is 2.15. The van der Waals surface area contributed by atoms with Crippen molar-refractivity contribution in [3.8, 4) is 0 Å². The molecule has 2 heteroatoms. The molecule has 2 nitrogen and oxygen atoms in total. The quantitative estimate of drug-likeness (QED) is 0.723. The van der Waals surface area contributed by atoms with Crippen molar-refractivity contribution >= 4 is 0 Å². The Kier molecular flexibility index (Phi) is 4.74. The predicted molar refractivity (Wildman–Crippen MR) is 55.8 cm³/mol. The van der Waals surface area contributed by atoms with E-state index >= 15 is 0 Å². The van der Waals surface area contributed by atoms with Gasteiger partial charge < -0.3 is 10.0 Å². The molecule has 1 unspecified atom stereocenters. The molecule has 0 aromatic rings. The third-order valence-corrected chi connectivity index (χ3v) is 3.04. The number of piperidine rings is 1. The zero-order valence-electron chi connectivity index (χ0n) is 9.00. The molecule has 0 amide bonds. The van der Waals surface area contributed by atoms with E-state index in [0.29, 0.717) is 6.61 Å². The summed E-state index contributed by atoms with van der Waals surface area (Å²) >= 11 is 0. The van der Waals surface area contributed by atoms with Crippen LogP contribution >= 0.6 is 0 Å². The third-order valence-electron chi connectivity index (χ3n) is 3.04. The van der Waals surface area contributed by atoms with Crippen molar-refractivity contribution in [1.29, 1.82) is 0 Å². The average molecular weight is 185 g/mol. The minimum absolute atomic E-state index is 0.335. The van der Waals surface area contributed by atoms with Crippen LogP contribution in [0.25, 0.3) is 0 Å². The summed E-state index contributed by atoms with van der Waals surface area (Å²) in [5.74, 6) is 0.763. The summed E-state index contributed by atoms with van der Waals surface area (Å²) < 4.78 is 0. The fourth-order valence-electron chi connectivity index (χ4n) is 2.32. The maximum Gasteiger partial charge on any atom is 0.0443 e. The van der Waals surface area contributed by atoms with Crippen LogP contribution < -0.4 is 0 Å². The Morgan fingerprint density at radius 2 is 2.15 bits per heavy atom. The first-order valence-corrected chi connectivity index (χ1v) is 5.60. The molecule has 1 aliphatic rings. The molecule has 0 aliphatic carbocycles. The van der Waals surface area contributed by atoms with E-state index < -0.39 is 0 Å². The van der Waals surface area contributed by atoms with Crippen LogP contribution in [0.5, 0.6) is 0 Å². The van der Waals surface area contributed by atoms with Crippen molar-refractivity contribution in [1.82, 2.24) is 4.90 Å². The van der Waals surface area contributed by atoms with Gasteiger partial charge in [0, 0.05) is 19.2 Å². The smallest absolute Gasteiger partial charge is 0.0443 e. The Labute approximate surface area is 81.9 Å². The number of nitrogens with zero attached hydrogens (tertiary/aromatic N) is 1. The fourth-order valence-corrected chi connectivity index (χ4v) is 2.32. The van der Waals surface area contributed by atoms with Gasteiger partial charge in [0.15, 0.2) is 0 Å². The molecule has 1 saturated heterocycles. The fraction of sp³-hybridized carbons (Fsp3) is 1.00. The molecule has 0 saturated carbocycles. The number of aliphatic hydroxyl groups excluding tert-OH is 1. The van der Waals surface area contributed by atoms with Gasteiger partial charge in [-0.2, -0.15) is 0 Å². The second kappa shape index (κ2) is 5.61. The van der Waals surface area contributed by atoms with Crippen LogP contribution in [0.1, 0.15) is 39.5 Å². The first-order chi connectivity index (χ1) is 6.25. The number of aliphatic hydroxyl groups is 1. The largest absolute Gasteiger partial charge is 0.396 e. The van der Waals surface area contributed by atoms with Crippen LogP contribution in [-0.4, -0.2) is 35.7 Å². The van der Waals surface area contributed by atoms with Crippen LogP contribution in [0, 0.1) is 5.92 Å². The molecule has 0 radical (unpaired) electrons. The molecule has 1 heterocycles. The number of likely N-dealkylation sites (tertiary alicyclic amines) is 1. The highest BCUT2D eigenvalue weighted by atomic mass is 16.3. The topological polar surface area (TPSA) is 23.5 Å². The molecular weight excluding hydrogens is 162 g/mol. The number of hydrogen-bond donors (Lipinski definition) is 1. The summed E-state index contributed by atoms with van der Waals surface area (Å²) in [4.78, 5) is 2.56. The normalized spacial score (nSPS) is 25.4. The van der Waals surface area contributed by atoms with Crippen molar-refractivity contribution in [3.05, 3.63) is 0 Å². The molecule has 78 valence electrons. The Morgan fingerprint density at radius 3 is 2.77 bits per heavy atom. The summed E-state index contributed by atoms with van der Waals surface area (Å²) in [6.07, 6.45) is 5.01. The van der Waals surface area contributed by atoms with Crippen LogP contribution in [0.3, 0.4) is 0 Å². The van der Waals surface area contributed by atoms with E-state index in [0.717, 1.165) is 24.9 Å². The molecule has 13 heavy (non-hydrogen) atoms. The Balaban J connectivity index is 2.37. The van der Waals surface area contributed by atoms with Gasteiger partial charge in [0.1, 0.15) is 0 Å². The van der Waals surface area contributed by atoms with Gasteiger partial charge in [-0.05, 0) is 31.7 Å². The molecule has 1 aliphatic heterocycles. The molecule has 1 atom stereocenters. The lowest BCUT2D eigenvalue weighted by atomic mass is 9.93. The van der Waals surface area contributed by atoms with Gasteiger partial charge in [0.2, 0.25) is 0 Å². The molecule has 1 N–H and O–H groups in total. The van der Waals surface area contributed by atoms with Gasteiger partial charge in [0.25, 0.3) is 0 Å². The van der Waals surface area contributed by atoms with E-state index in [-0.39, 0.29) is 0 Å². The third kappa shape index (κ3) is 3.28. The van der Waals surface area contributed by atoms with Crippen LogP contribution in [-0.2, 0) is 0 Å². The Bertz CT molecular complexity index is 136. The van der Waals surface area contributed by atoms with E-state index in [1.54, 1.807) is 0 Å². The molecule has 1 fully saturated rings. The Hall–Kier alpha value is -0.0800. The van der Waals surface area contributed by atoms with Crippen LogP contribution in [0.2, 0.25) is 0 Å². The van der Waals surface area contributed by atoms with Crippen LogP contribution in [0.4, 0.5) is 0 Å². The first-order valence-electron chi connectivity index (χ1n) is 5.60. The van der Waals surface area contributed by atoms with Crippen molar-refractivity contribution in [2.24, 2.45) is 5.92 Å². The minimum Gasteiger partial charge on any atom is -0.396 e. The highest BCUT2D eigenvalue weighted by Crippen LogP contribution is 2.22. The zero-order chi connectivity index (χ0) is 9.68. The monoisotopic (exact) mass is 185 g/mol. The van der Waals surface area contributed by atoms with E-state index in [9.17, 15) is 0 Å². The molecule has 0 bridgehead atoms. The second-order valence-electron chi connectivity index (χ2n) is 4.42. The number of hydrogen-bond acceptors (Lipinski definition) is 2. The van der Waals surface area contributed by atoms with Crippen molar-refractivity contribution in [2.45, 2.75) is 45.6 Å². The van der Waals surface area contributed by atoms with E-state index in [2.05, 4.69) is 18.7 Å². The highest BCUT2D eigenvalue weighted by molar-refractivity contribution is 4.78. The van der Waals surface area contributed by atoms with Gasteiger partial charge >= 0.3 is 0 Å². The van der Waals surface area contributed by atoms with Gasteiger partial charge in [-0.15, -0.1) is 0 Å².